The van der Waals surface area contributed by atoms with Crippen LogP contribution in [-0.2, 0) is 24.0 Å². The molecule has 0 unspecified atom stereocenters. The Morgan fingerprint density at radius 3 is 2.88 bits per heavy atom. The summed E-state index contributed by atoms with van der Waals surface area (Å²) < 4.78 is 5.10. The largest absolute Gasteiger partial charge is 0.454 e. The number of carbonyl (C=O) groups excluding carboxylic acids is 3. The Morgan fingerprint density at radius 2 is 2.16 bits per heavy atom. The molecule has 0 radical (unpaired) electrons. The molecule has 0 aromatic heterocycles. The van der Waals surface area contributed by atoms with Crippen molar-refractivity contribution in [3.63, 3.8) is 0 Å². The minimum Gasteiger partial charge on any atom is -0.454 e. The number of nitrogens with one attached hydrogen (secondary N) is 1. The zero-order chi connectivity index (χ0) is 17.9. The first kappa shape index (κ1) is 17.4. The highest BCUT2D eigenvalue weighted by atomic mass is 32.2. The third kappa shape index (κ3) is 3.22. The van der Waals surface area contributed by atoms with Gasteiger partial charge >= 0.3 is 5.97 Å². The van der Waals surface area contributed by atoms with Gasteiger partial charge < -0.3 is 15.0 Å². The van der Waals surface area contributed by atoms with E-state index in [-0.39, 0.29) is 12.5 Å². The van der Waals surface area contributed by atoms with Gasteiger partial charge in [0.2, 0.25) is 5.91 Å². The molecule has 0 bridgehead atoms. The van der Waals surface area contributed by atoms with Gasteiger partial charge in [0.15, 0.2) is 6.61 Å². The molecule has 2 fully saturated rings. The normalized spacial score (nSPS) is 24.5. The predicted octanol–water partition coefficient (Wildman–Crippen LogP) is 0.870. The molecule has 2 heterocycles. The van der Waals surface area contributed by atoms with Crippen molar-refractivity contribution in [1.82, 2.24) is 10.2 Å². The number of fused-ring (bicyclic) bond motifs is 1. The van der Waals surface area contributed by atoms with Gasteiger partial charge in [-0.15, -0.1) is 18.2 Å². The molecular weight excluding hydrogens is 340 g/mol. The van der Waals surface area contributed by atoms with Crippen molar-refractivity contribution in [2.24, 2.45) is 0 Å². The summed E-state index contributed by atoms with van der Waals surface area (Å²) in [5, 5.41) is 2.43. The monoisotopic (exact) mass is 358 g/mol. The van der Waals surface area contributed by atoms with E-state index in [2.05, 4.69) is 11.2 Å². The first-order valence-corrected chi connectivity index (χ1v) is 8.95. The van der Waals surface area contributed by atoms with Gasteiger partial charge in [0.1, 0.15) is 10.9 Å². The van der Waals surface area contributed by atoms with Crippen LogP contribution in [0.3, 0.4) is 0 Å². The fourth-order valence-electron chi connectivity index (χ4n) is 3.25. The zero-order valence-electron chi connectivity index (χ0n) is 13.6. The number of ether oxygens (including phenoxy) is 1. The van der Waals surface area contributed by atoms with Crippen LogP contribution in [0.2, 0.25) is 0 Å². The smallest absolute Gasteiger partial charge is 0.330 e. The first-order valence-electron chi connectivity index (χ1n) is 7.97. The number of hydrogen-bond donors (Lipinski definition) is 1. The molecule has 6 nitrogen and oxygen atoms in total. The van der Waals surface area contributed by atoms with E-state index in [1.165, 1.54) is 0 Å². The van der Waals surface area contributed by atoms with Crippen molar-refractivity contribution in [2.45, 2.75) is 23.8 Å². The summed E-state index contributed by atoms with van der Waals surface area (Å²) in [6, 6.07) is 9.03. The molecule has 2 amide bonds. The van der Waals surface area contributed by atoms with E-state index in [0.29, 0.717) is 18.6 Å². The van der Waals surface area contributed by atoms with Crippen LogP contribution in [0.25, 0.3) is 0 Å². The van der Waals surface area contributed by atoms with Crippen LogP contribution in [0.1, 0.15) is 18.4 Å². The van der Waals surface area contributed by atoms with Gasteiger partial charge in [0, 0.05) is 12.2 Å². The third-order valence-electron chi connectivity index (χ3n) is 4.36. The van der Waals surface area contributed by atoms with E-state index in [4.69, 9.17) is 11.2 Å². The molecular formula is C18H18N2O4S. The molecule has 1 aromatic rings. The molecule has 0 saturated carbocycles. The molecule has 0 aliphatic carbocycles. The van der Waals surface area contributed by atoms with E-state index >= 15 is 0 Å². The summed E-state index contributed by atoms with van der Waals surface area (Å²) in [6.45, 7) is -0.320. The van der Waals surface area contributed by atoms with E-state index in [1.807, 2.05) is 30.3 Å². The summed E-state index contributed by atoms with van der Waals surface area (Å²) in [5.41, 5.74) is 1.01. The topological polar surface area (TPSA) is 75.7 Å². The Balaban J connectivity index is 1.72. The number of nitrogens with zero attached hydrogens (tertiary/aromatic N) is 1. The number of benzene rings is 1. The summed E-state index contributed by atoms with van der Waals surface area (Å²) >= 11 is 1.58. The third-order valence-corrected chi connectivity index (χ3v) is 5.95. The van der Waals surface area contributed by atoms with Crippen LogP contribution >= 0.6 is 11.8 Å². The average molecular weight is 358 g/mol. The molecule has 2 aliphatic heterocycles. The quantitative estimate of drug-likeness (QED) is 0.624. The number of hydrogen-bond acceptors (Lipinski definition) is 5. The van der Waals surface area contributed by atoms with Crippen molar-refractivity contribution < 1.29 is 19.1 Å². The fraction of sp³-hybridized carbons (Fsp3) is 0.389. The number of amides is 2. The van der Waals surface area contributed by atoms with Crippen LogP contribution in [0, 0.1) is 12.3 Å². The average Bonchev–Trinajstić information content (AvgIpc) is 3.18. The highest BCUT2D eigenvalue weighted by Gasteiger charge is 2.57. The Kier molecular flexibility index (Phi) is 5.00. The Hall–Kier alpha value is -2.46. The molecule has 1 N–H and O–H groups in total. The van der Waals surface area contributed by atoms with Crippen LogP contribution in [0.4, 0.5) is 0 Å². The number of terminal acetylenes is 1. The Labute approximate surface area is 150 Å². The van der Waals surface area contributed by atoms with Crippen LogP contribution in [0.15, 0.2) is 30.3 Å². The Bertz CT molecular complexity index is 730. The van der Waals surface area contributed by atoms with Crippen molar-refractivity contribution in [2.75, 3.05) is 18.9 Å². The van der Waals surface area contributed by atoms with Gasteiger partial charge in [-0.05, 0) is 12.0 Å². The van der Waals surface area contributed by atoms with Gasteiger partial charge in [0.25, 0.3) is 5.91 Å². The molecule has 3 rings (SSSR count). The van der Waals surface area contributed by atoms with Crippen molar-refractivity contribution in [1.29, 1.82) is 0 Å². The van der Waals surface area contributed by atoms with Crippen LogP contribution in [-0.4, -0.2) is 47.6 Å². The number of esters is 1. The summed E-state index contributed by atoms with van der Waals surface area (Å²) in [5.74, 6) is 1.64. The van der Waals surface area contributed by atoms with Gasteiger partial charge in [-0.1, -0.05) is 36.3 Å². The summed E-state index contributed by atoms with van der Waals surface area (Å²) in [7, 11) is 0. The SMILES string of the molecule is C#CCNC(=O)COC(=O)[C@H]1CS[C@]2(c3ccccc3)CCC(=O)N12. The maximum atomic E-state index is 12.4. The van der Waals surface area contributed by atoms with E-state index < -0.39 is 29.4 Å². The van der Waals surface area contributed by atoms with Gasteiger partial charge in [0.05, 0.1) is 6.54 Å². The van der Waals surface area contributed by atoms with E-state index in [1.54, 1.807) is 16.7 Å². The molecule has 7 heteroatoms. The molecule has 2 saturated heterocycles. The molecule has 1 aromatic carbocycles. The lowest BCUT2D eigenvalue weighted by Gasteiger charge is -2.33. The molecule has 0 spiro atoms. The summed E-state index contributed by atoms with van der Waals surface area (Å²) in [6.07, 6.45) is 6.11. The molecule has 130 valence electrons. The summed E-state index contributed by atoms with van der Waals surface area (Å²) in [4.78, 5) is 37.5. The second-order valence-electron chi connectivity index (χ2n) is 5.83. The highest BCUT2D eigenvalue weighted by molar-refractivity contribution is 8.00. The van der Waals surface area contributed by atoms with Gasteiger partial charge in [-0.3, -0.25) is 9.59 Å². The standard InChI is InChI=1S/C18H18N2O4S/c1-2-10-19-15(21)11-24-17(23)14-12-25-18(9-8-16(22)20(14)18)13-6-4-3-5-7-13/h1,3-7,14H,8-12H2,(H,19,21)/t14-,18+/m1/s1. The highest BCUT2D eigenvalue weighted by Crippen LogP contribution is 2.54. The Morgan fingerprint density at radius 1 is 1.40 bits per heavy atom. The lowest BCUT2D eigenvalue weighted by atomic mass is 10.0. The lowest BCUT2D eigenvalue weighted by molar-refractivity contribution is -0.156. The number of carbonyl (C=O) groups is 3. The zero-order valence-corrected chi connectivity index (χ0v) is 14.4. The van der Waals surface area contributed by atoms with Gasteiger partial charge in [-0.2, -0.15) is 0 Å². The number of rotatable bonds is 5. The minimum atomic E-state index is -0.680. The van der Waals surface area contributed by atoms with E-state index in [0.717, 1.165) is 5.56 Å². The van der Waals surface area contributed by atoms with Crippen LogP contribution in [0.5, 0.6) is 0 Å². The van der Waals surface area contributed by atoms with Crippen molar-refractivity contribution in [3.8, 4) is 12.3 Å². The lowest BCUT2D eigenvalue weighted by Crippen LogP contribution is -2.47. The molecule has 2 atom stereocenters. The number of thioether (sulfide) groups is 1. The van der Waals surface area contributed by atoms with Crippen molar-refractivity contribution in [3.05, 3.63) is 35.9 Å². The van der Waals surface area contributed by atoms with Gasteiger partial charge in [-0.25, -0.2) is 4.79 Å². The first-order chi connectivity index (χ1) is 12.1. The molecule has 2 aliphatic rings. The predicted molar refractivity (Wildman–Crippen MR) is 93.2 cm³/mol. The maximum absolute atomic E-state index is 12.4. The van der Waals surface area contributed by atoms with E-state index in [9.17, 15) is 14.4 Å². The second-order valence-corrected chi connectivity index (χ2v) is 7.13. The van der Waals surface area contributed by atoms with Crippen LogP contribution < -0.4 is 5.32 Å². The maximum Gasteiger partial charge on any atom is 0.330 e. The second kappa shape index (κ2) is 7.19. The van der Waals surface area contributed by atoms with Crippen molar-refractivity contribution >= 4 is 29.5 Å². The molecule has 25 heavy (non-hydrogen) atoms. The fourth-order valence-corrected chi connectivity index (χ4v) is 4.89. The minimum absolute atomic E-state index is 0.0624.